The van der Waals surface area contributed by atoms with Crippen LogP contribution in [0.15, 0.2) is 22.7 Å². The molecule has 0 aliphatic carbocycles. The van der Waals surface area contributed by atoms with Crippen LogP contribution in [0, 0.1) is 0 Å². The van der Waals surface area contributed by atoms with Gasteiger partial charge in [-0.3, -0.25) is 0 Å². The van der Waals surface area contributed by atoms with Crippen molar-refractivity contribution in [3.63, 3.8) is 0 Å². The number of halogens is 2. The molecule has 0 aliphatic rings. The second kappa shape index (κ2) is 6.08. The van der Waals surface area contributed by atoms with Crippen LogP contribution < -0.4 is 5.32 Å². The van der Waals surface area contributed by atoms with Gasteiger partial charge in [0, 0.05) is 23.8 Å². The molecule has 88 valence electrons. The van der Waals surface area contributed by atoms with Gasteiger partial charge < -0.3 is 15.3 Å². The third-order valence-corrected chi connectivity index (χ3v) is 3.17. The first-order chi connectivity index (χ1) is 7.54. The zero-order valence-corrected chi connectivity index (χ0v) is 11.0. The largest absolute Gasteiger partial charge is 0.395 e. The van der Waals surface area contributed by atoms with Crippen molar-refractivity contribution >= 4 is 39.2 Å². The van der Waals surface area contributed by atoms with Gasteiger partial charge in [-0.05, 0) is 34.1 Å². The van der Waals surface area contributed by atoms with Crippen molar-refractivity contribution in [1.82, 2.24) is 4.90 Å². The maximum absolute atomic E-state index is 11.6. The molecule has 0 heterocycles. The van der Waals surface area contributed by atoms with Gasteiger partial charge in [-0.1, -0.05) is 11.6 Å². The van der Waals surface area contributed by atoms with Gasteiger partial charge in [-0.25, -0.2) is 4.79 Å². The number of carbonyl (C=O) groups is 1. The number of hydrogen-bond acceptors (Lipinski definition) is 2. The minimum absolute atomic E-state index is 0.0613. The predicted octanol–water partition coefficient (Wildman–Crippen LogP) is 2.56. The van der Waals surface area contributed by atoms with E-state index in [0.29, 0.717) is 17.3 Å². The van der Waals surface area contributed by atoms with Crippen LogP contribution in [0.1, 0.15) is 0 Å². The topological polar surface area (TPSA) is 52.6 Å². The third kappa shape index (κ3) is 3.66. The highest BCUT2D eigenvalue weighted by Crippen LogP contribution is 2.25. The van der Waals surface area contributed by atoms with E-state index in [2.05, 4.69) is 21.2 Å². The summed E-state index contributed by atoms with van der Waals surface area (Å²) in [5, 5.41) is 12.0. The number of likely N-dealkylation sites (N-methyl/N-ethyl adjacent to an activating group) is 1. The van der Waals surface area contributed by atoms with Crippen LogP contribution in [-0.2, 0) is 0 Å². The summed E-state index contributed by atoms with van der Waals surface area (Å²) in [5.74, 6) is 0. The fourth-order valence-electron chi connectivity index (χ4n) is 1.04. The van der Waals surface area contributed by atoms with E-state index >= 15 is 0 Å². The highest BCUT2D eigenvalue weighted by Gasteiger charge is 2.08. The smallest absolute Gasteiger partial charge is 0.321 e. The Hall–Kier alpha value is -0.780. The van der Waals surface area contributed by atoms with Crippen LogP contribution >= 0.6 is 27.5 Å². The van der Waals surface area contributed by atoms with Crippen LogP contribution in [0.2, 0.25) is 5.02 Å². The van der Waals surface area contributed by atoms with Crippen LogP contribution in [0.4, 0.5) is 10.5 Å². The molecule has 1 aromatic rings. The van der Waals surface area contributed by atoms with Gasteiger partial charge in [-0.2, -0.15) is 0 Å². The number of urea groups is 1. The number of rotatable bonds is 3. The van der Waals surface area contributed by atoms with Gasteiger partial charge in [0.2, 0.25) is 0 Å². The first-order valence-electron chi connectivity index (χ1n) is 4.62. The molecule has 0 spiro atoms. The third-order valence-electron chi connectivity index (χ3n) is 1.95. The molecular weight excluding hydrogens is 295 g/mol. The standard InChI is InChI=1S/C10H12BrClN2O2/c1-14(4-5-15)10(16)13-7-2-3-9(12)8(11)6-7/h2-3,6,15H,4-5H2,1H3,(H,13,16). The SMILES string of the molecule is CN(CCO)C(=O)Nc1ccc(Cl)c(Br)c1. The molecule has 16 heavy (non-hydrogen) atoms. The minimum Gasteiger partial charge on any atom is -0.395 e. The van der Waals surface area contributed by atoms with E-state index in [1.165, 1.54) is 4.90 Å². The lowest BCUT2D eigenvalue weighted by molar-refractivity contribution is 0.202. The molecule has 4 nitrogen and oxygen atoms in total. The number of aliphatic hydroxyl groups is 1. The molecule has 0 bridgehead atoms. The lowest BCUT2D eigenvalue weighted by Gasteiger charge is -2.16. The number of benzene rings is 1. The number of nitrogens with one attached hydrogen (secondary N) is 1. The molecule has 0 fully saturated rings. The summed E-state index contributed by atoms with van der Waals surface area (Å²) in [6.45, 7) is 0.231. The van der Waals surface area contributed by atoms with E-state index in [-0.39, 0.29) is 12.6 Å². The molecule has 0 unspecified atom stereocenters. The molecule has 1 rings (SSSR count). The molecule has 0 saturated carbocycles. The van der Waals surface area contributed by atoms with Crippen LogP contribution in [0.25, 0.3) is 0 Å². The van der Waals surface area contributed by atoms with Gasteiger partial charge in [0.05, 0.1) is 11.6 Å². The Morgan fingerprint density at radius 1 is 1.62 bits per heavy atom. The van der Waals surface area contributed by atoms with Crippen molar-refractivity contribution in [3.05, 3.63) is 27.7 Å². The average Bonchev–Trinajstić information content (AvgIpc) is 2.24. The fraction of sp³-hybridized carbons (Fsp3) is 0.300. The van der Waals surface area contributed by atoms with Crippen LogP contribution in [-0.4, -0.2) is 36.2 Å². The molecule has 0 atom stereocenters. The molecule has 0 radical (unpaired) electrons. The van der Waals surface area contributed by atoms with E-state index in [9.17, 15) is 4.79 Å². The lowest BCUT2D eigenvalue weighted by Crippen LogP contribution is -2.33. The fourth-order valence-corrected chi connectivity index (χ4v) is 1.54. The summed E-state index contributed by atoms with van der Waals surface area (Å²) in [5.41, 5.74) is 0.645. The van der Waals surface area contributed by atoms with Crippen molar-refractivity contribution in [2.45, 2.75) is 0 Å². The first kappa shape index (κ1) is 13.3. The van der Waals surface area contributed by atoms with Crippen molar-refractivity contribution in [2.75, 3.05) is 25.5 Å². The van der Waals surface area contributed by atoms with E-state index < -0.39 is 0 Å². The molecular formula is C10H12BrClN2O2. The zero-order valence-electron chi connectivity index (χ0n) is 8.70. The van der Waals surface area contributed by atoms with Gasteiger partial charge in [0.1, 0.15) is 0 Å². The Morgan fingerprint density at radius 2 is 2.31 bits per heavy atom. The van der Waals surface area contributed by atoms with Crippen molar-refractivity contribution in [3.8, 4) is 0 Å². The number of nitrogens with zero attached hydrogens (tertiary/aromatic N) is 1. The summed E-state index contributed by atoms with van der Waals surface area (Å²) in [4.78, 5) is 12.9. The zero-order chi connectivity index (χ0) is 12.1. The van der Waals surface area contributed by atoms with Crippen LogP contribution in [0.5, 0.6) is 0 Å². The highest BCUT2D eigenvalue weighted by atomic mass is 79.9. The Labute approximate surface area is 107 Å². The van der Waals surface area contributed by atoms with E-state index in [0.717, 1.165) is 4.47 Å². The Kier molecular flexibility index (Phi) is 5.05. The molecule has 0 aromatic heterocycles. The summed E-state index contributed by atoms with van der Waals surface area (Å²) < 4.78 is 0.719. The van der Waals surface area contributed by atoms with Crippen molar-refractivity contribution < 1.29 is 9.90 Å². The number of hydrogen-bond donors (Lipinski definition) is 2. The van der Waals surface area contributed by atoms with Gasteiger partial charge in [0.25, 0.3) is 0 Å². The minimum atomic E-state index is -0.275. The van der Waals surface area contributed by atoms with Gasteiger partial charge >= 0.3 is 6.03 Å². The molecule has 2 N–H and O–H groups in total. The summed E-state index contributed by atoms with van der Waals surface area (Å²) in [7, 11) is 1.61. The van der Waals surface area contributed by atoms with E-state index in [1.807, 2.05) is 0 Å². The van der Waals surface area contributed by atoms with E-state index in [4.69, 9.17) is 16.7 Å². The normalized spacial score (nSPS) is 10.0. The summed E-state index contributed by atoms with van der Waals surface area (Å²) in [6, 6.07) is 4.83. The van der Waals surface area contributed by atoms with E-state index in [1.54, 1.807) is 25.2 Å². The summed E-state index contributed by atoms with van der Waals surface area (Å²) in [6.07, 6.45) is 0. The molecule has 6 heteroatoms. The molecule has 0 aliphatic heterocycles. The average molecular weight is 308 g/mol. The van der Waals surface area contributed by atoms with Gasteiger partial charge in [0.15, 0.2) is 0 Å². The highest BCUT2D eigenvalue weighted by molar-refractivity contribution is 9.10. The number of aliphatic hydroxyl groups excluding tert-OH is 1. The molecule has 1 aromatic carbocycles. The van der Waals surface area contributed by atoms with Gasteiger partial charge in [-0.15, -0.1) is 0 Å². The molecule has 0 saturated heterocycles. The second-order valence-electron chi connectivity index (χ2n) is 3.20. The number of amides is 2. The Balaban J connectivity index is 2.66. The van der Waals surface area contributed by atoms with Crippen molar-refractivity contribution in [1.29, 1.82) is 0 Å². The van der Waals surface area contributed by atoms with Crippen LogP contribution in [0.3, 0.4) is 0 Å². The predicted molar refractivity (Wildman–Crippen MR) is 67.9 cm³/mol. The summed E-state index contributed by atoms with van der Waals surface area (Å²) >= 11 is 9.09. The Bertz CT molecular complexity index is 387. The molecule has 2 amide bonds. The first-order valence-corrected chi connectivity index (χ1v) is 5.79. The quantitative estimate of drug-likeness (QED) is 0.902. The maximum Gasteiger partial charge on any atom is 0.321 e. The lowest BCUT2D eigenvalue weighted by atomic mass is 10.3. The number of carbonyl (C=O) groups excluding carboxylic acids is 1. The number of anilines is 1. The van der Waals surface area contributed by atoms with Crippen molar-refractivity contribution in [2.24, 2.45) is 0 Å². The maximum atomic E-state index is 11.6. The second-order valence-corrected chi connectivity index (χ2v) is 4.47. The monoisotopic (exact) mass is 306 g/mol. The Morgan fingerprint density at radius 3 is 2.88 bits per heavy atom.